The number of nitrogens with one attached hydrogen (secondary N) is 2. The molecule has 0 atom stereocenters. The van der Waals surface area contributed by atoms with E-state index in [9.17, 15) is 13.2 Å². The van der Waals surface area contributed by atoms with Crippen molar-refractivity contribution in [3.05, 3.63) is 94.1 Å². The first kappa shape index (κ1) is 21.2. The molecule has 1 heterocycles. The second kappa shape index (κ2) is 8.21. The van der Waals surface area contributed by atoms with Gasteiger partial charge >= 0.3 is 0 Å². The number of benzene rings is 3. The van der Waals surface area contributed by atoms with Crippen LogP contribution in [0.2, 0.25) is 5.02 Å². The van der Waals surface area contributed by atoms with Gasteiger partial charge in [0.15, 0.2) is 0 Å². The first-order valence-electron chi connectivity index (χ1n) is 9.72. The molecular formula is C24H21ClN2O3S. The average Bonchev–Trinajstić information content (AvgIpc) is 3.11. The molecule has 1 amide bonds. The van der Waals surface area contributed by atoms with E-state index >= 15 is 0 Å². The molecule has 4 aromatic rings. The molecule has 1 aromatic heterocycles. The van der Waals surface area contributed by atoms with Crippen molar-refractivity contribution < 1.29 is 13.2 Å². The zero-order valence-corrected chi connectivity index (χ0v) is 18.6. The van der Waals surface area contributed by atoms with Crippen LogP contribution in [0.3, 0.4) is 0 Å². The monoisotopic (exact) mass is 452 g/mol. The van der Waals surface area contributed by atoms with Crippen molar-refractivity contribution in [2.75, 3.05) is 0 Å². The largest absolute Gasteiger partial charge is 0.349 e. The molecule has 5 nitrogen and oxygen atoms in total. The van der Waals surface area contributed by atoms with E-state index in [1.54, 1.807) is 30.3 Å². The number of hydrogen-bond donors (Lipinski definition) is 2. The minimum absolute atomic E-state index is 0.00708. The third-order valence-electron chi connectivity index (χ3n) is 5.01. The number of amides is 1. The second-order valence-corrected chi connectivity index (χ2v) is 9.84. The summed E-state index contributed by atoms with van der Waals surface area (Å²) in [5.41, 5.74) is 3.08. The molecule has 158 valence electrons. The van der Waals surface area contributed by atoms with Crippen LogP contribution in [0.1, 0.15) is 27.2 Å². The average molecular weight is 453 g/mol. The van der Waals surface area contributed by atoms with Crippen molar-refractivity contribution in [1.82, 2.24) is 10.3 Å². The molecule has 0 aliphatic heterocycles. The van der Waals surface area contributed by atoms with E-state index in [-0.39, 0.29) is 22.0 Å². The number of aryl methyl sites for hydroxylation is 2. The van der Waals surface area contributed by atoms with Gasteiger partial charge in [0.1, 0.15) is 10.6 Å². The maximum atomic E-state index is 13.7. The number of H-pyrrole nitrogens is 1. The number of aromatic nitrogens is 1. The van der Waals surface area contributed by atoms with Crippen molar-refractivity contribution in [1.29, 1.82) is 0 Å². The van der Waals surface area contributed by atoms with E-state index < -0.39 is 15.7 Å². The first-order valence-corrected chi connectivity index (χ1v) is 11.6. The lowest BCUT2D eigenvalue weighted by molar-refractivity contribution is 0.0943. The Labute approximate surface area is 186 Å². The highest BCUT2D eigenvalue weighted by atomic mass is 35.5. The van der Waals surface area contributed by atoms with Crippen LogP contribution in [0, 0.1) is 13.8 Å². The summed E-state index contributed by atoms with van der Waals surface area (Å²) in [6.45, 7) is 3.95. The first-order chi connectivity index (χ1) is 14.8. The summed E-state index contributed by atoms with van der Waals surface area (Å²) < 4.78 is 27.4. The molecule has 0 saturated carbocycles. The van der Waals surface area contributed by atoms with E-state index in [1.807, 2.05) is 50.2 Å². The van der Waals surface area contributed by atoms with Gasteiger partial charge < -0.3 is 10.3 Å². The van der Waals surface area contributed by atoms with Crippen molar-refractivity contribution in [3.8, 4) is 0 Å². The highest BCUT2D eigenvalue weighted by Gasteiger charge is 2.30. The normalized spacial score (nSPS) is 11.6. The smallest absolute Gasteiger partial charge is 0.269 e. The van der Waals surface area contributed by atoms with Gasteiger partial charge in [-0.05, 0) is 60.9 Å². The lowest BCUT2D eigenvalue weighted by Gasteiger charge is -2.10. The molecule has 0 aliphatic carbocycles. The standard InChI is InChI=1S/C24H21ClN2O3S/c1-15-10-16(2)12-19(11-15)31(29,30)23-20-13-18(25)8-9-21(20)27-22(23)24(28)26-14-17-6-4-3-5-7-17/h3-13,27H,14H2,1-2H3,(H,26,28). The van der Waals surface area contributed by atoms with Crippen LogP contribution in [-0.4, -0.2) is 19.3 Å². The van der Waals surface area contributed by atoms with Crippen LogP contribution in [0.15, 0.2) is 76.5 Å². The van der Waals surface area contributed by atoms with Gasteiger partial charge in [-0.15, -0.1) is 0 Å². The fourth-order valence-corrected chi connectivity index (χ4v) is 5.61. The van der Waals surface area contributed by atoms with Gasteiger partial charge in [-0.2, -0.15) is 0 Å². The Morgan fingerprint density at radius 2 is 1.65 bits per heavy atom. The number of halogens is 1. The maximum Gasteiger partial charge on any atom is 0.269 e. The van der Waals surface area contributed by atoms with E-state index in [2.05, 4.69) is 10.3 Å². The highest BCUT2D eigenvalue weighted by Crippen LogP contribution is 2.34. The Hall–Kier alpha value is -3.09. The zero-order chi connectivity index (χ0) is 22.2. The summed E-state index contributed by atoms with van der Waals surface area (Å²) in [6.07, 6.45) is 0. The summed E-state index contributed by atoms with van der Waals surface area (Å²) in [5.74, 6) is -0.501. The van der Waals surface area contributed by atoms with Crippen molar-refractivity contribution in [2.45, 2.75) is 30.2 Å². The number of rotatable bonds is 5. The highest BCUT2D eigenvalue weighted by molar-refractivity contribution is 7.91. The second-order valence-electron chi connectivity index (χ2n) is 7.51. The van der Waals surface area contributed by atoms with Gasteiger partial charge in [-0.1, -0.05) is 48.0 Å². The van der Waals surface area contributed by atoms with E-state index in [0.717, 1.165) is 16.7 Å². The summed E-state index contributed by atoms with van der Waals surface area (Å²) >= 11 is 6.16. The number of carbonyl (C=O) groups excluding carboxylic acids is 1. The molecule has 0 saturated heterocycles. The minimum atomic E-state index is -3.99. The van der Waals surface area contributed by atoms with Crippen LogP contribution >= 0.6 is 11.6 Å². The summed E-state index contributed by atoms with van der Waals surface area (Å²) in [4.78, 5) is 16.1. The van der Waals surface area contributed by atoms with E-state index in [0.29, 0.717) is 15.9 Å². The molecular weight excluding hydrogens is 432 g/mol. The predicted octanol–water partition coefficient (Wildman–Crippen LogP) is 5.20. The van der Waals surface area contributed by atoms with Gasteiger partial charge in [0.25, 0.3) is 5.91 Å². The Balaban J connectivity index is 1.85. The predicted molar refractivity (Wildman–Crippen MR) is 122 cm³/mol. The van der Waals surface area contributed by atoms with Crippen molar-refractivity contribution >= 4 is 38.2 Å². The van der Waals surface area contributed by atoms with E-state index in [4.69, 9.17) is 11.6 Å². The van der Waals surface area contributed by atoms with Crippen LogP contribution < -0.4 is 5.32 Å². The van der Waals surface area contributed by atoms with E-state index in [1.165, 1.54) is 0 Å². The fraction of sp³-hybridized carbons (Fsp3) is 0.125. The lowest BCUT2D eigenvalue weighted by Crippen LogP contribution is -2.25. The number of carbonyl (C=O) groups is 1. The molecule has 2 N–H and O–H groups in total. The van der Waals surface area contributed by atoms with Gasteiger partial charge in [-0.25, -0.2) is 8.42 Å². The zero-order valence-electron chi connectivity index (χ0n) is 17.1. The topological polar surface area (TPSA) is 79.0 Å². The summed E-state index contributed by atoms with van der Waals surface area (Å²) in [7, 11) is -3.99. The van der Waals surface area contributed by atoms with Gasteiger partial charge in [0.05, 0.1) is 4.90 Å². The van der Waals surface area contributed by atoms with Crippen LogP contribution in [0.4, 0.5) is 0 Å². The molecule has 0 unspecified atom stereocenters. The maximum absolute atomic E-state index is 13.7. The molecule has 0 bridgehead atoms. The lowest BCUT2D eigenvalue weighted by atomic mass is 10.2. The summed E-state index contributed by atoms with van der Waals surface area (Å²) in [5, 5.41) is 3.58. The van der Waals surface area contributed by atoms with Gasteiger partial charge in [-0.3, -0.25) is 4.79 Å². The van der Waals surface area contributed by atoms with Crippen LogP contribution in [0.5, 0.6) is 0 Å². The Morgan fingerprint density at radius 1 is 0.968 bits per heavy atom. The molecule has 3 aromatic carbocycles. The van der Waals surface area contributed by atoms with Crippen molar-refractivity contribution in [2.24, 2.45) is 0 Å². The minimum Gasteiger partial charge on any atom is -0.349 e. The third kappa shape index (κ3) is 4.22. The Kier molecular flexibility index (Phi) is 5.60. The van der Waals surface area contributed by atoms with Gasteiger partial charge in [0, 0.05) is 22.5 Å². The molecule has 4 rings (SSSR count). The fourth-order valence-electron chi connectivity index (χ4n) is 3.65. The molecule has 0 spiro atoms. The van der Waals surface area contributed by atoms with Crippen LogP contribution in [-0.2, 0) is 16.4 Å². The third-order valence-corrected chi connectivity index (χ3v) is 7.06. The van der Waals surface area contributed by atoms with Gasteiger partial charge in [0.2, 0.25) is 9.84 Å². The molecule has 0 radical (unpaired) electrons. The SMILES string of the molecule is Cc1cc(C)cc(S(=O)(=O)c2c(C(=O)NCc3ccccc3)[nH]c3ccc(Cl)cc23)c1. The Morgan fingerprint density at radius 3 is 2.32 bits per heavy atom. The molecule has 0 aliphatic rings. The number of aromatic amines is 1. The van der Waals surface area contributed by atoms with Crippen LogP contribution in [0.25, 0.3) is 10.9 Å². The quantitative estimate of drug-likeness (QED) is 0.436. The van der Waals surface area contributed by atoms with Crippen molar-refractivity contribution in [3.63, 3.8) is 0 Å². The Bertz CT molecular complexity index is 1370. The number of sulfone groups is 1. The molecule has 31 heavy (non-hydrogen) atoms. The molecule has 0 fully saturated rings. The summed E-state index contributed by atoms with van der Waals surface area (Å²) in [6, 6.07) is 19.4. The number of hydrogen-bond acceptors (Lipinski definition) is 3. The number of fused-ring (bicyclic) bond motifs is 1. The molecule has 7 heteroatoms.